The van der Waals surface area contributed by atoms with Crippen molar-refractivity contribution in [1.82, 2.24) is 15.5 Å². The summed E-state index contributed by atoms with van der Waals surface area (Å²) in [7, 11) is 0. The van der Waals surface area contributed by atoms with Crippen molar-refractivity contribution in [2.45, 2.75) is 85.5 Å². The first-order chi connectivity index (χ1) is 14.4. The second kappa shape index (κ2) is 12.2. The molecular formula is C22H38N4O6. The Balaban J connectivity index is 5.29. The zero-order chi connectivity index (χ0) is 25.2. The summed E-state index contributed by atoms with van der Waals surface area (Å²) in [6.45, 7) is 16.1. The fraction of sp³-hybridized carbons (Fsp3) is 0.727. The second-order valence-electron chi connectivity index (χ2n) is 9.92. The summed E-state index contributed by atoms with van der Waals surface area (Å²) in [5.41, 5.74) is -2.18. The minimum Gasteiger partial charge on any atom is -0.444 e. The molecule has 0 spiro atoms. The van der Waals surface area contributed by atoms with Crippen molar-refractivity contribution in [3.8, 4) is 12.3 Å². The number of ether oxygens (including phenoxy) is 3. The molecule has 0 bridgehead atoms. The molecule has 2 N–H and O–H groups in total. The van der Waals surface area contributed by atoms with E-state index in [4.69, 9.17) is 20.6 Å². The number of carbonyl (C=O) groups excluding carboxylic acids is 3. The van der Waals surface area contributed by atoms with Crippen LogP contribution in [0.4, 0.5) is 14.4 Å². The van der Waals surface area contributed by atoms with E-state index in [9.17, 15) is 14.4 Å². The van der Waals surface area contributed by atoms with Crippen LogP contribution < -0.4 is 10.6 Å². The van der Waals surface area contributed by atoms with Gasteiger partial charge < -0.3 is 24.4 Å². The van der Waals surface area contributed by atoms with Gasteiger partial charge in [0.15, 0.2) is 0 Å². The Hall–Kier alpha value is -2.96. The predicted octanol–water partition coefficient (Wildman–Crippen LogP) is 3.65. The maximum absolute atomic E-state index is 12.4. The molecule has 0 atom stereocenters. The lowest BCUT2D eigenvalue weighted by atomic mass is 10.2. The highest BCUT2D eigenvalue weighted by molar-refractivity contribution is 5.98. The third kappa shape index (κ3) is 15.8. The average molecular weight is 455 g/mol. The van der Waals surface area contributed by atoms with Crippen LogP contribution in [0.15, 0.2) is 4.99 Å². The molecular weight excluding hydrogens is 416 g/mol. The maximum Gasteiger partial charge on any atom is 0.437 e. The summed E-state index contributed by atoms with van der Waals surface area (Å²) < 4.78 is 15.7. The van der Waals surface area contributed by atoms with E-state index in [0.717, 1.165) is 0 Å². The van der Waals surface area contributed by atoms with Crippen molar-refractivity contribution < 1.29 is 28.6 Å². The van der Waals surface area contributed by atoms with Crippen LogP contribution in [0.5, 0.6) is 0 Å². The van der Waals surface area contributed by atoms with Crippen LogP contribution in [0.1, 0.15) is 68.7 Å². The van der Waals surface area contributed by atoms with Crippen molar-refractivity contribution in [3.05, 3.63) is 0 Å². The van der Waals surface area contributed by atoms with E-state index in [1.165, 1.54) is 4.90 Å². The molecule has 0 aromatic heterocycles. The minimum atomic E-state index is -0.896. The van der Waals surface area contributed by atoms with Gasteiger partial charge in [0.1, 0.15) is 16.8 Å². The molecule has 0 rings (SSSR count). The molecule has 182 valence electrons. The van der Waals surface area contributed by atoms with Gasteiger partial charge in [0, 0.05) is 26.1 Å². The van der Waals surface area contributed by atoms with Crippen molar-refractivity contribution in [3.63, 3.8) is 0 Å². The van der Waals surface area contributed by atoms with Gasteiger partial charge in [-0.15, -0.1) is 17.3 Å². The van der Waals surface area contributed by atoms with Gasteiger partial charge in [-0.05, 0) is 62.3 Å². The fourth-order valence-electron chi connectivity index (χ4n) is 2.02. The van der Waals surface area contributed by atoms with Gasteiger partial charge in [0.25, 0.3) is 0 Å². The summed E-state index contributed by atoms with van der Waals surface area (Å²) in [4.78, 5) is 41.8. The molecule has 0 fully saturated rings. The Kier molecular flexibility index (Phi) is 11.0. The fourth-order valence-corrected chi connectivity index (χ4v) is 2.02. The first-order valence-electron chi connectivity index (χ1n) is 10.4. The van der Waals surface area contributed by atoms with Crippen LogP contribution in [0.2, 0.25) is 0 Å². The van der Waals surface area contributed by atoms with Crippen LogP contribution in [-0.2, 0) is 14.2 Å². The van der Waals surface area contributed by atoms with Crippen molar-refractivity contribution in [1.29, 1.82) is 0 Å². The highest BCUT2D eigenvalue weighted by Crippen LogP contribution is 2.11. The first-order valence-corrected chi connectivity index (χ1v) is 10.4. The monoisotopic (exact) mass is 454 g/mol. The zero-order valence-corrected chi connectivity index (χ0v) is 20.7. The highest BCUT2D eigenvalue weighted by atomic mass is 16.6. The summed E-state index contributed by atoms with van der Waals surface area (Å²) >= 11 is 0. The van der Waals surface area contributed by atoms with E-state index in [1.807, 2.05) is 0 Å². The van der Waals surface area contributed by atoms with Gasteiger partial charge in [-0.25, -0.2) is 14.4 Å². The van der Waals surface area contributed by atoms with E-state index in [-0.39, 0.29) is 25.6 Å². The lowest BCUT2D eigenvalue weighted by Crippen LogP contribution is -2.47. The summed E-state index contributed by atoms with van der Waals surface area (Å²) in [6, 6.07) is 0. The van der Waals surface area contributed by atoms with Crippen LogP contribution in [0.3, 0.4) is 0 Å². The molecule has 0 saturated heterocycles. The quantitative estimate of drug-likeness (QED) is 0.282. The predicted molar refractivity (Wildman–Crippen MR) is 122 cm³/mol. The summed E-state index contributed by atoms with van der Waals surface area (Å²) in [6.07, 6.45) is 3.43. The lowest BCUT2D eigenvalue weighted by molar-refractivity contribution is 0.0256. The number of amides is 3. The number of terminal acetylenes is 1. The van der Waals surface area contributed by atoms with Gasteiger partial charge >= 0.3 is 18.3 Å². The average Bonchev–Trinajstić information content (AvgIpc) is 2.52. The van der Waals surface area contributed by atoms with Gasteiger partial charge in [-0.2, -0.15) is 0 Å². The molecule has 0 radical (unpaired) electrons. The van der Waals surface area contributed by atoms with E-state index in [0.29, 0.717) is 6.42 Å². The van der Waals surface area contributed by atoms with E-state index in [1.54, 1.807) is 62.3 Å². The molecule has 10 heteroatoms. The number of guanidine groups is 1. The zero-order valence-electron chi connectivity index (χ0n) is 20.7. The standard InChI is InChI=1S/C22H38N4O6/c1-11-12-14-26(19(29)32-22(8,9)10)15-13-23-16(24-17(27)30-20(2,3)4)25-18(28)31-21(5,6)7/h1H,12-15H2,2-10H3,(H2,23,24,25,27,28). The topological polar surface area (TPSA) is 119 Å². The maximum atomic E-state index is 12.4. The van der Waals surface area contributed by atoms with E-state index < -0.39 is 35.1 Å². The lowest BCUT2D eigenvalue weighted by Gasteiger charge is -2.27. The van der Waals surface area contributed by atoms with Gasteiger partial charge in [0.05, 0.1) is 0 Å². The number of alkyl carbamates (subject to hydrolysis) is 1. The normalized spacial score (nSPS) is 12.3. The number of nitrogens with zero attached hydrogens (tertiary/aromatic N) is 2. The van der Waals surface area contributed by atoms with Gasteiger partial charge in [0.2, 0.25) is 5.96 Å². The van der Waals surface area contributed by atoms with Crippen LogP contribution >= 0.6 is 0 Å². The van der Waals surface area contributed by atoms with Crippen molar-refractivity contribution >= 4 is 24.2 Å². The van der Waals surface area contributed by atoms with Crippen molar-refractivity contribution in [2.75, 3.05) is 19.6 Å². The Labute approximate surface area is 191 Å². The molecule has 0 heterocycles. The number of nitrogens with one attached hydrogen (secondary N) is 2. The number of aliphatic imine (C=N–C) groups is 1. The molecule has 10 nitrogen and oxygen atoms in total. The minimum absolute atomic E-state index is 0.140. The molecule has 0 saturated carbocycles. The third-order valence-corrected chi connectivity index (χ3v) is 3.07. The third-order valence-electron chi connectivity index (χ3n) is 3.07. The van der Waals surface area contributed by atoms with E-state index in [2.05, 4.69) is 21.5 Å². The number of rotatable bonds is 5. The Morgan fingerprint density at radius 2 is 1.41 bits per heavy atom. The molecule has 0 aliphatic rings. The number of hydrogen-bond donors (Lipinski definition) is 2. The molecule has 0 aromatic rings. The van der Waals surface area contributed by atoms with Crippen molar-refractivity contribution in [2.24, 2.45) is 4.99 Å². The van der Waals surface area contributed by atoms with Crippen LogP contribution in [-0.4, -0.2) is 65.6 Å². The van der Waals surface area contributed by atoms with E-state index >= 15 is 0 Å². The highest BCUT2D eigenvalue weighted by Gasteiger charge is 2.23. The van der Waals surface area contributed by atoms with Gasteiger partial charge in [-0.1, -0.05) is 0 Å². The smallest absolute Gasteiger partial charge is 0.437 e. The molecule has 3 amide bonds. The molecule has 32 heavy (non-hydrogen) atoms. The largest absolute Gasteiger partial charge is 0.444 e. The van der Waals surface area contributed by atoms with Crippen LogP contribution in [0, 0.1) is 12.3 Å². The van der Waals surface area contributed by atoms with Crippen LogP contribution in [0.25, 0.3) is 0 Å². The Bertz CT molecular complexity index is 721. The second-order valence-corrected chi connectivity index (χ2v) is 9.92. The molecule has 0 aliphatic carbocycles. The summed E-state index contributed by atoms with van der Waals surface area (Å²) in [5, 5.41) is 5.20. The number of carbonyl (C=O) groups is 3. The first kappa shape index (κ1) is 29.0. The van der Waals surface area contributed by atoms with Gasteiger partial charge in [-0.3, -0.25) is 5.32 Å². The number of hydrogen-bond acceptors (Lipinski definition) is 6. The summed E-state index contributed by atoms with van der Waals surface area (Å²) in [5.74, 6) is 2.31. The SMILES string of the molecule is C#CCCN(CCN/C(=N\C(=O)OC(C)(C)C)NC(=O)OC(C)(C)C)C(=O)OC(C)(C)C. The Morgan fingerprint density at radius 3 is 1.88 bits per heavy atom. The Morgan fingerprint density at radius 1 is 0.875 bits per heavy atom. The molecule has 0 aromatic carbocycles. The molecule has 0 aliphatic heterocycles. The molecule has 0 unspecified atom stereocenters.